The third-order valence-corrected chi connectivity index (χ3v) is 6.79. The summed E-state index contributed by atoms with van der Waals surface area (Å²) in [4.78, 5) is 24.9. The molecule has 0 aromatic carbocycles. The highest BCUT2D eigenvalue weighted by Crippen LogP contribution is 2.33. The zero-order chi connectivity index (χ0) is 21.6. The van der Waals surface area contributed by atoms with Crippen molar-refractivity contribution in [3.05, 3.63) is 10.5 Å². The van der Waals surface area contributed by atoms with Crippen LogP contribution in [0.1, 0.15) is 64.3 Å². The zero-order valence-electron chi connectivity index (χ0n) is 18.7. The number of aromatic amines is 1. The molecule has 2 aliphatic heterocycles. The summed E-state index contributed by atoms with van der Waals surface area (Å²) >= 11 is 0. The highest BCUT2D eigenvalue weighted by atomic mass is 16.5. The number of aromatic nitrogens is 4. The molecule has 9 heteroatoms. The molecule has 3 atom stereocenters. The predicted molar refractivity (Wildman–Crippen MR) is 122 cm³/mol. The maximum Gasteiger partial charge on any atom is 0.328 e. The second-order valence-corrected chi connectivity index (χ2v) is 9.06. The SMILES string of the molecule is CCCCOc1nc(N)c2[nH]c(=O)n(C(CCC3CCCNC3)C3CCCNC3)c2n1. The van der Waals surface area contributed by atoms with Gasteiger partial charge in [-0.05, 0) is 83.0 Å². The fourth-order valence-electron chi connectivity index (χ4n) is 5.04. The van der Waals surface area contributed by atoms with E-state index in [1.165, 1.54) is 12.8 Å². The first kappa shape index (κ1) is 22.1. The van der Waals surface area contributed by atoms with Gasteiger partial charge in [-0.15, -0.1) is 0 Å². The lowest BCUT2D eigenvalue weighted by Gasteiger charge is -2.33. The molecule has 31 heavy (non-hydrogen) atoms. The van der Waals surface area contributed by atoms with Gasteiger partial charge in [-0.2, -0.15) is 9.97 Å². The fraction of sp³-hybridized carbons (Fsp3) is 0.773. The number of nitrogens with two attached hydrogens (primary N) is 1. The summed E-state index contributed by atoms with van der Waals surface area (Å²) in [6.07, 6.45) is 8.75. The minimum atomic E-state index is -0.154. The number of nitrogen functional groups attached to an aromatic ring is 1. The van der Waals surface area contributed by atoms with Crippen molar-refractivity contribution in [2.45, 2.75) is 64.3 Å². The number of imidazole rings is 1. The molecular weight excluding hydrogens is 394 g/mol. The number of ether oxygens (including phenoxy) is 1. The van der Waals surface area contributed by atoms with Crippen LogP contribution in [0.5, 0.6) is 6.01 Å². The van der Waals surface area contributed by atoms with Crippen LogP contribution in [0.3, 0.4) is 0 Å². The molecule has 2 saturated heterocycles. The number of H-pyrrole nitrogens is 1. The molecule has 4 heterocycles. The van der Waals surface area contributed by atoms with Gasteiger partial charge in [0.05, 0.1) is 6.61 Å². The van der Waals surface area contributed by atoms with Gasteiger partial charge in [0.25, 0.3) is 0 Å². The van der Waals surface area contributed by atoms with Crippen molar-refractivity contribution in [1.29, 1.82) is 0 Å². The molecule has 2 fully saturated rings. The lowest BCUT2D eigenvalue weighted by atomic mass is 9.85. The van der Waals surface area contributed by atoms with Crippen LogP contribution in [-0.2, 0) is 0 Å². The summed E-state index contributed by atoms with van der Waals surface area (Å²) in [7, 11) is 0. The van der Waals surface area contributed by atoms with E-state index in [0.29, 0.717) is 29.6 Å². The largest absolute Gasteiger partial charge is 0.463 e. The highest BCUT2D eigenvalue weighted by molar-refractivity contribution is 5.82. The second kappa shape index (κ2) is 10.5. The first-order valence-electron chi connectivity index (χ1n) is 12.0. The van der Waals surface area contributed by atoms with Crippen molar-refractivity contribution in [3.8, 4) is 6.01 Å². The molecule has 2 aliphatic rings. The maximum atomic E-state index is 13.1. The van der Waals surface area contributed by atoms with E-state index in [4.69, 9.17) is 10.5 Å². The summed E-state index contributed by atoms with van der Waals surface area (Å²) in [6, 6.07) is 0.331. The van der Waals surface area contributed by atoms with Crippen molar-refractivity contribution in [2.24, 2.45) is 11.8 Å². The first-order chi connectivity index (χ1) is 15.2. The second-order valence-electron chi connectivity index (χ2n) is 9.06. The molecule has 4 rings (SSSR count). The molecule has 0 aliphatic carbocycles. The van der Waals surface area contributed by atoms with Crippen molar-refractivity contribution in [1.82, 2.24) is 30.2 Å². The Morgan fingerprint density at radius 2 is 2.00 bits per heavy atom. The van der Waals surface area contributed by atoms with Gasteiger partial charge >= 0.3 is 11.7 Å². The van der Waals surface area contributed by atoms with Crippen LogP contribution in [-0.4, -0.2) is 52.3 Å². The average Bonchev–Trinajstić information content (AvgIpc) is 3.12. The minimum absolute atomic E-state index is 0.0776. The van der Waals surface area contributed by atoms with Crippen LogP contribution < -0.4 is 26.8 Å². The van der Waals surface area contributed by atoms with Gasteiger partial charge < -0.3 is 26.1 Å². The van der Waals surface area contributed by atoms with E-state index >= 15 is 0 Å². The summed E-state index contributed by atoms with van der Waals surface area (Å²) in [5.74, 6) is 1.33. The number of nitrogens with zero attached hydrogens (tertiary/aromatic N) is 3. The molecule has 2 aromatic rings. The minimum Gasteiger partial charge on any atom is -0.463 e. The molecule has 0 amide bonds. The molecule has 0 bridgehead atoms. The van der Waals surface area contributed by atoms with E-state index in [-0.39, 0.29) is 23.6 Å². The Morgan fingerprint density at radius 3 is 2.71 bits per heavy atom. The van der Waals surface area contributed by atoms with Gasteiger partial charge in [0, 0.05) is 6.04 Å². The van der Waals surface area contributed by atoms with Gasteiger partial charge in [-0.1, -0.05) is 13.3 Å². The molecule has 0 saturated carbocycles. The number of nitrogens with one attached hydrogen (secondary N) is 3. The van der Waals surface area contributed by atoms with Crippen LogP contribution in [0.15, 0.2) is 4.79 Å². The smallest absolute Gasteiger partial charge is 0.328 e. The molecule has 5 N–H and O–H groups in total. The van der Waals surface area contributed by atoms with Crippen LogP contribution >= 0.6 is 0 Å². The number of unbranched alkanes of at least 4 members (excludes halogenated alkanes) is 1. The van der Waals surface area contributed by atoms with Gasteiger partial charge in [-0.3, -0.25) is 4.57 Å². The number of piperidine rings is 2. The Morgan fingerprint density at radius 1 is 1.19 bits per heavy atom. The van der Waals surface area contributed by atoms with Crippen molar-refractivity contribution < 1.29 is 4.74 Å². The van der Waals surface area contributed by atoms with Gasteiger partial charge in [0.15, 0.2) is 11.5 Å². The highest BCUT2D eigenvalue weighted by Gasteiger charge is 2.30. The molecular formula is C22H37N7O2. The topological polar surface area (TPSA) is 123 Å². The Kier molecular flexibility index (Phi) is 7.45. The molecule has 9 nitrogen and oxygen atoms in total. The summed E-state index contributed by atoms with van der Waals surface area (Å²) in [6.45, 7) is 6.81. The Labute approximate surface area is 183 Å². The number of hydrogen-bond donors (Lipinski definition) is 4. The van der Waals surface area contributed by atoms with Crippen LogP contribution in [0.4, 0.5) is 5.82 Å². The third kappa shape index (κ3) is 5.20. The average molecular weight is 432 g/mol. The monoisotopic (exact) mass is 431 g/mol. The normalized spacial score (nSPS) is 23.1. The third-order valence-electron chi connectivity index (χ3n) is 6.79. The molecule has 0 spiro atoms. The summed E-state index contributed by atoms with van der Waals surface area (Å²) in [5.41, 5.74) is 7.11. The van der Waals surface area contributed by atoms with Crippen LogP contribution in [0, 0.1) is 11.8 Å². The molecule has 3 unspecified atom stereocenters. The van der Waals surface area contributed by atoms with Gasteiger partial charge in [-0.25, -0.2) is 4.79 Å². The maximum absolute atomic E-state index is 13.1. The number of fused-ring (bicyclic) bond motifs is 1. The molecule has 2 aromatic heterocycles. The van der Waals surface area contributed by atoms with Crippen molar-refractivity contribution in [2.75, 3.05) is 38.5 Å². The lowest BCUT2D eigenvalue weighted by Crippen LogP contribution is -2.38. The summed E-state index contributed by atoms with van der Waals surface area (Å²) < 4.78 is 7.57. The van der Waals surface area contributed by atoms with E-state index in [9.17, 15) is 4.79 Å². The number of anilines is 1. The number of rotatable bonds is 9. The Bertz CT molecular complexity index is 897. The Hall–Kier alpha value is -2.13. The quantitative estimate of drug-likeness (QED) is 0.449. The first-order valence-corrected chi connectivity index (χ1v) is 12.0. The van der Waals surface area contributed by atoms with Crippen molar-refractivity contribution in [3.63, 3.8) is 0 Å². The van der Waals surface area contributed by atoms with Gasteiger partial charge in [0.2, 0.25) is 0 Å². The fourth-order valence-corrected chi connectivity index (χ4v) is 5.04. The molecule has 172 valence electrons. The van der Waals surface area contributed by atoms with Gasteiger partial charge in [0.1, 0.15) is 5.52 Å². The van der Waals surface area contributed by atoms with E-state index in [2.05, 4.69) is 32.5 Å². The Balaban J connectivity index is 1.65. The van der Waals surface area contributed by atoms with E-state index in [0.717, 1.165) is 64.7 Å². The van der Waals surface area contributed by atoms with Crippen LogP contribution in [0.25, 0.3) is 11.2 Å². The summed E-state index contributed by atoms with van der Waals surface area (Å²) in [5, 5.41) is 7.03. The standard InChI is InChI=1S/C22H37N7O2/c1-2-3-12-31-21-27-19(23)18-20(28-21)29(22(30)26-18)17(16-7-5-11-25-14-16)9-8-15-6-4-10-24-13-15/h15-17,24-25H,2-14H2,1H3,(H,26,30)(H2,23,27,28). The predicted octanol–water partition coefficient (Wildman–Crippen LogP) is 2.20. The van der Waals surface area contributed by atoms with E-state index in [1.807, 2.05) is 4.57 Å². The zero-order valence-corrected chi connectivity index (χ0v) is 18.7. The van der Waals surface area contributed by atoms with Crippen molar-refractivity contribution >= 4 is 17.0 Å². The van der Waals surface area contributed by atoms with Crippen LogP contribution in [0.2, 0.25) is 0 Å². The lowest BCUT2D eigenvalue weighted by molar-refractivity contribution is 0.228. The molecule has 0 radical (unpaired) electrons. The van der Waals surface area contributed by atoms with E-state index in [1.54, 1.807) is 0 Å². The van der Waals surface area contributed by atoms with E-state index < -0.39 is 0 Å². The number of hydrogen-bond acceptors (Lipinski definition) is 7.